The Morgan fingerprint density at radius 1 is 1.26 bits per heavy atom. The first-order valence-corrected chi connectivity index (χ1v) is 8.63. The molecule has 2 aromatic rings. The molecule has 2 rings (SSSR count). The number of aromatic nitrogens is 1. The van der Waals surface area contributed by atoms with Crippen LogP contribution < -0.4 is 4.72 Å². The summed E-state index contributed by atoms with van der Waals surface area (Å²) in [5.41, 5.74) is 0.804. The maximum absolute atomic E-state index is 12.5. The van der Waals surface area contributed by atoms with Crippen LogP contribution in [0.4, 0.5) is 0 Å². The number of carbonyl (C=O) groups is 1. The number of benzene rings is 1. The lowest BCUT2D eigenvalue weighted by molar-refractivity contribution is 0.0526. The van der Waals surface area contributed by atoms with Crippen molar-refractivity contribution >= 4 is 16.0 Å². The Morgan fingerprint density at radius 3 is 2.70 bits per heavy atom. The van der Waals surface area contributed by atoms with Gasteiger partial charge in [-0.2, -0.15) is 0 Å². The summed E-state index contributed by atoms with van der Waals surface area (Å²) in [6, 6.07) is 10.5. The van der Waals surface area contributed by atoms with Crippen LogP contribution in [0.1, 0.15) is 35.9 Å². The second-order valence-electron chi connectivity index (χ2n) is 4.85. The highest BCUT2D eigenvalue weighted by Crippen LogP contribution is 2.17. The zero-order valence-electron chi connectivity index (χ0n) is 12.9. The van der Waals surface area contributed by atoms with Crippen molar-refractivity contribution in [3.8, 4) is 0 Å². The van der Waals surface area contributed by atoms with Crippen molar-refractivity contribution in [3.05, 3.63) is 59.9 Å². The highest BCUT2D eigenvalue weighted by atomic mass is 32.2. The van der Waals surface area contributed by atoms with Gasteiger partial charge < -0.3 is 4.74 Å². The lowest BCUT2D eigenvalue weighted by Crippen LogP contribution is -2.27. The van der Waals surface area contributed by atoms with Gasteiger partial charge in [0.15, 0.2) is 0 Å². The van der Waals surface area contributed by atoms with Crippen LogP contribution in [0.3, 0.4) is 0 Å². The second-order valence-corrected chi connectivity index (χ2v) is 6.56. The standard InChI is InChI=1S/C16H18N2O4S/c1-3-22-16(19)13-7-6-8-14(11-13)23(20,21)18-12(2)15-9-4-5-10-17-15/h4-12,18H,3H2,1-2H3/t12-/m1/s1. The van der Waals surface area contributed by atoms with Crippen molar-refractivity contribution in [2.24, 2.45) is 0 Å². The van der Waals surface area contributed by atoms with Gasteiger partial charge in [0.25, 0.3) is 0 Å². The molecule has 1 aromatic heterocycles. The molecule has 0 aliphatic carbocycles. The van der Waals surface area contributed by atoms with Crippen LogP contribution in [-0.4, -0.2) is 26.0 Å². The molecule has 7 heteroatoms. The summed E-state index contributed by atoms with van der Waals surface area (Å²) in [5, 5.41) is 0. The number of esters is 1. The molecule has 0 saturated carbocycles. The highest BCUT2D eigenvalue weighted by Gasteiger charge is 2.20. The molecule has 0 aliphatic heterocycles. The minimum Gasteiger partial charge on any atom is -0.462 e. The molecular formula is C16H18N2O4S. The minimum atomic E-state index is -3.78. The van der Waals surface area contributed by atoms with Crippen LogP contribution in [0.15, 0.2) is 53.6 Å². The summed E-state index contributed by atoms with van der Waals surface area (Å²) >= 11 is 0. The van der Waals surface area contributed by atoms with E-state index < -0.39 is 22.0 Å². The predicted molar refractivity (Wildman–Crippen MR) is 85.4 cm³/mol. The molecular weight excluding hydrogens is 316 g/mol. The van der Waals surface area contributed by atoms with Crippen LogP contribution >= 0.6 is 0 Å². The summed E-state index contributed by atoms with van der Waals surface area (Å²) in [6.45, 7) is 3.62. The summed E-state index contributed by atoms with van der Waals surface area (Å²) in [7, 11) is -3.78. The lowest BCUT2D eigenvalue weighted by Gasteiger charge is -2.14. The normalized spacial score (nSPS) is 12.6. The molecule has 122 valence electrons. The molecule has 1 aromatic carbocycles. The second kappa shape index (κ2) is 7.34. The molecule has 1 N–H and O–H groups in total. The van der Waals surface area contributed by atoms with E-state index in [0.717, 1.165) is 0 Å². The Kier molecular flexibility index (Phi) is 5.46. The molecule has 0 spiro atoms. The van der Waals surface area contributed by atoms with Gasteiger partial charge in [-0.15, -0.1) is 0 Å². The van der Waals surface area contributed by atoms with E-state index in [1.165, 1.54) is 24.3 Å². The Labute approximate surface area is 135 Å². The molecule has 6 nitrogen and oxygen atoms in total. The van der Waals surface area contributed by atoms with Crippen molar-refractivity contribution in [1.82, 2.24) is 9.71 Å². The Balaban J connectivity index is 2.23. The van der Waals surface area contributed by atoms with Gasteiger partial charge in [-0.05, 0) is 44.2 Å². The molecule has 0 amide bonds. The average Bonchev–Trinajstić information content (AvgIpc) is 2.55. The van der Waals surface area contributed by atoms with Gasteiger partial charge in [-0.1, -0.05) is 12.1 Å². The summed E-state index contributed by atoms with van der Waals surface area (Å²) in [6.07, 6.45) is 1.60. The first-order chi connectivity index (χ1) is 10.9. The number of rotatable bonds is 6. The quantitative estimate of drug-likeness (QED) is 0.819. The van der Waals surface area contributed by atoms with Gasteiger partial charge in [-0.3, -0.25) is 4.98 Å². The molecule has 0 saturated heterocycles. The van der Waals surface area contributed by atoms with Crippen LogP contribution in [0.5, 0.6) is 0 Å². The van der Waals surface area contributed by atoms with E-state index in [1.807, 2.05) is 0 Å². The van der Waals surface area contributed by atoms with E-state index in [1.54, 1.807) is 38.2 Å². The van der Waals surface area contributed by atoms with Gasteiger partial charge in [0.1, 0.15) is 0 Å². The van der Waals surface area contributed by atoms with E-state index in [4.69, 9.17) is 4.74 Å². The number of carbonyl (C=O) groups excluding carboxylic acids is 1. The molecule has 1 heterocycles. The van der Waals surface area contributed by atoms with Crippen LogP contribution in [0.2, 0.25) is 0 Å². The Bertz CT molecular complexity index is 776. The van der Waals surface area contributed by atoms with E-state index in [-0.39, 0.29) is 17.1 Å². The Hall–Kier alpha value is -2.25. The van der Waals surface area contributed by atoms with E-state index in [9.17, 15) is 13.2 Å². The van der Waals surface area contributed by atoms with Gasteiger partial charge in [0, 0.05) is 6.20 Å². The zero-order valence-corrected chi connectivity index (χ0v) is 13.7. The average molecular weight is 334 g/mol. The first-order valence-electron chi connectivity index (χ1n) is 7.14. The topological polar surface area (TPSA) is 85.4 Å². The zero-order chi connectivity index (χ0) is 16.9. The van der Waals surface area contributed by atoms with Gasteiger partial charge in [0.05, 0.1) is 28.8 Å². The number of pyridine rings is 1. The van der Waals surface area contributed by atoms with Crippen LogP contribution in [0, 0.1) is 0 Å². The third kappa shape index (κ3) is 4.37. The van der Waals surface area contributed by atoms with Crippen molar-refractivity contribution in [2.45, 2.75) is 24.8 Å². The molecule has 0 aliphatic rings. The molecule has 1 atom stereocenters. The summed E-state index contributed by atoms with van der Waals surface area (Å²) in [5.74, 6) is -0.553. The number of nitrogens with zero attached hydrogens (tertiary/aromatic N) is 1. The number of ether oxygens (including phenoxy) is 1. The lowest BCUT2D eigenvalue weighted by atomic mass is 10.2. The maximum Gasteiger partial charge on any atom is 0.338 e. The van der Waals surface area contributed by atoms with Crippen LogP contribution in [0.25, 0.3) is 0 Å². The van der Waals surface area contributed by atoms with Crippen molar-refractivity contribution in [1.29, 1.82) is 0 Å². The Morgan fingerprint density at radius 2 is 2.04 bits per heavy atom. The fourth-order valence-electron chi connectivity index (χ4n) is 2.00. The molecule has 0 radical (unpaired) electrons. The summed E-state index contributed by atoms with van der Waals surface area (Å²) < 4.78 is 32.3. The smallest absolute Gasteiger partial charge is 0.338 e. The van der Waals surface area contributed by atoms with E-state index in [0.29, 0.717) is 5.69 Å². The molecule has 0 bridgehead atoms. The van der Waals surface area contributed by atoms with E-state index >= 15 is 0 Å². The largest absolute Gasteiger partial charge is 0.462 e. The fraction of sp³-hybridized carbons (Fsp3) is 0.250. The minimum absolute atomic E-state index is 0.00540. The first kappa shape index (κ1) is 17.1. The van der Waals surface area contributed by atoms with E-state index in [2.05, 4.69) is 9.71 Å². The number of hydrogen-bond acceptors (Lipinski definition) is 5. The van der Waals surface area contributed by atoms with Crippen molar-refractivity contribution < 1.29 is 17.9 Å². The van der Waals surface area contributed by atoms with Gasteiger partial charge >= 0.3 is 5.97 Å². The maximum atomic E-state index is 12.5. The third-order valence-corrected chi connectivity index (χ3v) is 4.66. The molecule has 0 fully saturated rings. The SMILES string of the molecule is CCOC(=O)c1cccc(S(=O)(=O)N[C@H](C)c2ccccn2)c1. The predicted octanol–water partition coefficient (Wildman–Crippen LogP) is 2.30. The monoisotopic (exact) mass is 334 g/mol. The van der Waals surface area contributed by atoms with Gasteiger partial charge in [-0.25, -0.2) is 17.9 Å². The highest BCUT2D eigenvalue weighted by molar-refractivity contribution is 7.89. The number of sulfonamides is 1. The third-order valence-electron chi connectivity index (χ3n) is 3.12. The van der Waals surface area contributed by atoms with Crippen molar-refractivity contribution in [2.75, 3.05) is 6.61 Å². The molecule has 23 heavy (non-hydrogen) atoms. The van der Waals surface area contributed by atoms with Crippen molar-refractivity contribution in [3.63, 3.8) is 0 Å². The summed E-state index contributed by atoms with van der Waals surface area (Å²) in [4.78, 5) is 15.9. The van der Waals surface area contributed by atoms with Crippen LogP contribution in [-0.2, 0) is 14.8 Å². The van der Waals surface area contributed by atoms with Gasteiger partial charge in [0.2, 0.25) is 10.0 Å². The number of hydrogen-bond donors (Lipinski definition) is 1. The molecule has 0 unspecified atom stereocenters. The fourth-order valence-corrected chi connectivity index (χ4v) is 3.26. The number of nitrogens with one attached hydrogen (secondary N) is 1.